The van der Waals surface area contributed by atoms with Crippen molar-refractivity contribution in [3.63, 3.8) is 0 Å². The summed E-state index contributed by atoms with van der Waals surface area (Å²) in [5, 5.41) is 3.37. The van der Waals surface area contributed by atoms with Crippen LogP contribution >= 0.6 is 0 Å². The summed E-state index contributed by atoms with van der Waals surface area (Å²) < 4.78 is 0. The van der Waals surface area contributed by atoms with E-state index < -0.39 is 0 Å². The predicted octanol–water partition coefficient (Wildman–Crippen LogP) is 3.27. The van der Waals surface area contributed by atoms with Crippen molar-refractivity contribution in [1.82, 2.24) is 10.3 Å². The summed E-state index contributed by atoms with van der Waals surface area (Å²) in [6.45, 7) is 6.08. The molecule has 0 bridgehead atoms. The van der Waals surface area contributed by atoms with Gasteiger partial charge in [-0.2, -0.15) is 0 Å². The Morgan fingerprint density at radius 3 is 2.68 bits per heavy atom. The van der Waals surface area contributed by atoms with Crippen molar-refractivity contribution < 1.29 is 0 Å². The number of hydrogen-bond donors (Lipinski definition) is 1. The van der Waals surface area contributed by atoms with Gasteiger partial charge in [-0.05, 0) is 36.7 Å². The van der Waals surface area contributed by atoms with Crippen LogP contribution in [0.5, 0.6) is 0 Å². The van der Waals surface area contributed by atoms with Crippen molar-refractivity contribution in [1.29, 1.82) is 0 Å². The molecule has 19 heavy (non-hydrogen) atoms. The topological polar surface area (TPSA) is 28.2 Å². The highest BCUT2D eigenvalue weighted by Crippen LogP contribution is 2.28. The molecule has 0 radical (unpaired) electrons. The van der Waals surface area contributed by atoms with Crippen LogP contribution in [-0.2, 0) is 6.54 Å². The molecule has 2 aromatic rings. The van der Waals surface area contributed by atoms with Gasteiger partial charge in [0.05, 0.1) is 11.9 Å². The maximum absolute atomic E-state index is 4.26. The van der Waals surface area contributed by atoms with E-state index in [9.17, 15) is 0 Å². The number of pyridine rings is 1. The second kappa shape index (κ2) is 6.34. The lowest BCUT2D eigenvalue weighted by Crippen LogP contribution is -2.17. The van der Waals surface area contributed by atoms with Crippen LogP contribution in [-0.4, -0.2) is 18.6 Å². The molecule has 100 valence electrons. The third-order valence-corrected chi connectivity index (χ3v) is 3.29. The van der Waals surface area contributed by atoms with E-state index in [1.807, 2.05) is 12.4 Å². The molecule has 0 aliphatic heterocycles. The van der Waals surface area contributed by atoms with Gasteiger partial charge in [-0.1, -0.05) is 25.1 Å². The molecule has 3 heteroatoms. The Morgan fingerprint density at radius 2 is 1.95 bits per heavy atom. The van der Waals surface area contributed by atoms with E-state index in [0.29, 0.717) is 0 Å². The van der Waals surface area contributed by atoms with Crippen LogP contribution < -0.4 is 10.2 Å². The van der Waals surface area contributed by atoms with Crippen LogP contribution in [0.15, 0.2) is 42.7 Å². The quantitative estimate of drug-likeness (QED) is 0.888. The standard InChI is InChI=1S/C16H21N3/c1-4-17-11-14-9-10-18-12-16(14)19(3)15-8-6-5-7-13(15)2/h5-10,12,17H,4,11H2,1-3H3. The Morgan fingerprint density at radius 1 is 1.16 bits per heavy atom. The Balaban J connectivity index is 2.33. The van der Waals surface area contributed by atoms with E-state index in [4.69, 9.17) is 0 Å². The lowest BCUT2D eigenvalue weighted by atomic mass is 10.1. The molecule has 0 unspecified atom stereocenters. The van der Waals surface area contributed by atoms with Gasteiger partial charge in [-0.25, -0.2) is 0 Å². The van der Waals surface area contributed by atoms with Gasteiger partial charge >= 0.3 is 0 Å². The molecule has 1 aromatic heterocycles. The number of benzene rings is 1. The zero-order valence-electron chi connectivity index (χ0n) is 11.9. The first-order valence-corrected chi connectivity index (χ1v) is 6.67. The highest BCUT2D eigenvalue weighted by atomic mass is 15.1. The third kappa shape index (κ3) is 3.12. The summed E-state index contributed by atoms with van der Waals surface area (Å²) in [6, 6.07) is 10.5. The molecule has 1 aromatic carbocycles. The van der Waals surface area contributed by atoms with Crippen molar-refractivity contribution in [2.45, 2.75) is 20.4 Å². The average molecular weight is 255 g/mol. The highest BCUT2D eigenvalue weighted by Gasteiger charge is 2.10. The molecule has 0 saturated heterocycles. The van der Waals surface area contributed by atoms with E-state index >= 15 is 0 Å². The Kier molecular flexibility index (Phi) is 4.53. The average Bonchev–Trinajstić information content (AvgIpc) is 2.45. The molecule has 2 rings (SSSR count). The maximum atomic E-state index is 4.26. The van der Waals surface area contributed by atoms with Crippen LogP contribution in [0.3, 0.4) is 0 Å². The number of aryl methyl sites for hydroxylation is 1. The highest BCUT2D eigenvalue weighted by molar-refractivity contribution is 5.67. The van der Waals surface area contributed by atoms with Crippen LogP contribution in [0.4, 0.5) is 11.4 Å². The fourth-order valence-electron chi connectivity index (χ4n) is 2.20. The van der Waals surface area contributed by atoms with Crippen LogP contribution in [0.2, 0.25) is 0 Å². The van der Waals surface area contributed by atoms with E-state index in [1.165, 1.54) is 16.8 Å². The molecule has 3 nitrogen and oxygen atoms in total. The van der Waals surface area contributed by atoms with Gasteiger partial charge in [0.1, 0.15) is 0 Å². The number of nitrogens with one attached hydrogen (secondary N) is 1. The smallest absolute Gasteiger partial charge is 0.0640 e. The van der Waals surface area contributed by atoms with Gasteiger partial charge in [0.15, 0.2) is 0 Å². The molecule has 0 fully saturated rings. The van der Waals surface area contributed by atoms with Crippen molar-refractivity contribution in [2.75, 3.05) is 18.5 Å². The van der Waals surface area contributed by atoms with Gasteiger partial charge in [-0.15, -0.1) is 0 Å². The van der Waals surface area contributed by atoms with Gasteiger partial charge in [0, 0.05) is 25.5 Å². The van der Waals surface area contributed by atoms with Crippen LogP contribution in [0, 0.1) is 6.92 Å². The summed E-state index contributed by atoms with van der Waals surface area (Å²) in [7, 11) is 2.09. The first kappa shape index (κ1) is 13.6. The molecular weight excluding hydrogens is 234 g/mol. The third-order valence-electron chi connectivity index (χ3n) is 3.29. The van der Waals surface area contributed by atoms with Gasteiger partial charge < -0.3 is 10.2 Å². The predicted molar refractivity (Wildman–Crippen MR) is 80.9 cm³/mol. The summed E-state index contributed by atoms with van der Waals surface area (Å²) in [5.74, 6) is 0. The molecule has 0 aliphatic rings. The summed E-state index contributed by atoms with van der Waals surface area (Å²) >= 11 is 0. The number of hydrogen-bond acceptors (Lipinski definition) is 3. The van der Waals surface area contributed by atoms with Crippen LogP contribution in [0.25, 0.3) is 0 Å². The van der Waals surface area contributed by atoms with E-state index in [1.54, 1.807) is 0 Å². The van der Waals surface area contributed by atoms with Gasteiger partial charge in [0.2, 0.25) is 0 Å². The fraction of sp³-hybridized carbons (Fsp3) is 0.312. The Bertz CT molecular complexity index is 537. The molecular formula is C16H21N3. The van der Waals surface area contributed by atoms with E-state index in [-0.39, 0.29) is 0 Å². The van der Waals surface area contributed by atoms with E-state index in [2.05, 4.69) is 66.4 Å². The number of para-hydroxylation sites is 1. The molecule has 0 atom stereocenters. The minimum atomic E-state index is 0.866. The Labute approximate surface area is 115 Å². The molecule has 0 saturated carbocycles. The zero-order valence-corrected chi connectivity index (χ0v) is 11.9. The summed E-state index contributed by atoms with van der Waals surface area (Å²) in [5.41, 5.74) is 4.90. The van der Waals surface area contributed by atoms with Crippen LogP contribution in [0.1, 0.15) is 18.1 Å². The minimum absolute atomic E-state index is 0.866. The maximum Gasteiger partial charge on any atom is 0.0640 e. The molecule has 1 heterocycles. The minimum Gasteiger partial charge on any atom is -0.343 e. The van der Waals surface area contributed by atoms with Crippen molar-refractivity contribution in [3.8, 4) is 0 Å². The second-order valence-electron chi connectivity index (χ2n) is 4.63. The van der Waals surface area contributed by atoms with Crippen molar-refractivity contribution in [3.05, 3.63) is 53.9 Å². The number of nitrogens with zero attached hydrogens (tertiary/aromatic N) is 2. The zero-order chi connectivity index (χ0) is 13.7. The first-order chi connectivity index (χ1) is 9.24. The second-order valence-corrected chi connectivity index (χ2v) is 4.63. The monoisotopic (exact) mass is 255 g/mol. The lowest BCUT2D eigenvalue weighted by Gasteiger charge is -2.24. The number of anilines is 2. The number of rotatable bonds is 5. The summed E-state index contributed by atoms with van der Waals surface area (Å²) in [6.07, 6.45) is 3.78. The molecule has 0 aliphatic carbocycles. The summed E-state index contributed by atoms with van der Waals surface area (Å²) in [4.78, 5) is 6.46. The first-order valence-electron chi connectivity index (χ1n) is 6.67. The fourth-order valence-corrected chi connectivity index (χ4v) is 2.20. The van der Waals surface area contributed by atoms with Gasteiger partial charge in [-0.3, -0.25) is 4.98 Å². The SMILES string of the molecule is CCNCc1ccncc1N(C)c1ccccc1C. The molecule has 0 spiro atoms. The van der Waals surface area contributed by atoms with Crippen molar-refractivity contribution in [2.24, 2.45) is 0 Å². The van der Waals surface area contributed by atoms with Gasteiger partial charge in [0.25, 0.3) is 0 Å². The molecule has 0 amide bonds. The normalized spacial score (nSPS) is 10.5. The molecule has 1 N–H and O–H groups in total. The Hall–Kier alpha value is -1.87. The lowest BCUT2D eigenvalue weighted by molar-refractivity contribution is 0.725. The largest absolute Gasteiger partial charge is 0.343 e. The number of aromatic nitrogens is 1. The van der Waals surface area contributed by atoms with E-state index in [0.717, 1.165) is 18.8 Å². The van der Waals surface area contributed by atoms with Crippen molar-refractivity contribution >= 4 is 11.4 Å².